The number of alkyl halides is 2. The number of amides is 1. The SMILES string of the molecule is CC(Oc1cccc(Cl)c1)C(=O)Nc1ccc(OC(F)F)cc1. The standard InChI is InChI=1S/C16H14ClF2NO3/c1-10(22-14-4-2-3-11(17)9-14)15(21)20-12-5-7-13(8-6-12)23-16(18)19/h2-10,16H,1H3,(H,20,21). The van der Waals surface area contributed by atoms with Crippen LogP contribution < -0.4 is 14.8 Å². The molecule has 4 nitrogen and oxygen atoms in total. The number of carbonyl (C=O) groups is 1. The van der Waals surface area contributed by atoms with E-state index in [9.17, 15) is 13.6 Å². The van der Waals surface area contributed by atoms with Crippen LogP contribution in [0.2, 0.25) is 5.02 Å². The lowest BCUT2D eigenvalue weighted by molar-refractivity contribution is -0.122. The zero-order valence-corrected chi connectivity index (χ0v) is 12.9. The fourth-order valence-electron chi connectivity index (χ4n) is 1.76. The van der Waals surface area contributed by atoms with Crippen LogP contribution >= 0.6 is 11.6 Å². The predicted octanol–water partition coefficient (Wildman–Crippen LogP) is 4.35. The van der Waals surface area contributed by atoms with Gasteiger partial charge >= 0.3 is 6.61 Å². The Bertz CT molecular complexity index is 665. The number of halogens is 3. The van der Waals surface area contributed by atoms with Gasteiger partial charge in [-0.1, -0.05) is 17.7 Å². The normalized spacial score (nSPS) is 11.9. The molecule has 0 radical (unpaired) electrons. The number of hydrogen-bond donors (Lipinski definition) is 1. The third-order valence-electron chi connectivity index (χ3n) is 2.83. The summed E-state index contributed by atoms with van der Waals surface area (Å²) in [5.74, 6) is 0.106. The van der Waals surface area contributed by atoms with Crippen molar-refractivity contribution in [3.05, 3.63) is 53.6 Å². The first-order valence-electron chi connectivity index (χ1n) is 6.72. The maximum Gasteiger partial charge on any atom is 0.387 e. The first-order chi connectivity index (χ1) is 10.9. The van der Waals surface area contributed by atoms with Crippen molar-refractivity contribution in [3.63, 3.8) is 0 Å². The van der Waals surface area contributed by atoms with Gasteiger partial charge in [0.25, 0.3) is 5.91 Å². The van der Waals surface area contributed by atoms with Crippen LogP contribution in [-0.2, 0) is 4.79 Å². The maximum atomic E-state index is 12.1. The van der Waals surface area contributed by atoms with Crippen molar-refractivity contribution in [1.82, 2.24) is 0 Å². The third kappa shape index (κ3) is 5.41. The number of nitrogens with one attached hydrogen (secondary N) is 1. The number of ether oxygens (including phenoxy) is 2. The summed E-state index contributed by atoms with van der Waals surface area (Å²) in [6.45, 7) is -1.30. The molecule has 0 aliphatic heterocycles. The summed E-state index contributed by atoms with van der Waals surface area (Å²) in [6.07, 6.45) is -0.759. The van der Waals surface area contributed by atoms with Crippen LogP contribution in [0.25, 0.3) is 0 Å². The molecule has 1 atom stereocenters. The summed E-state index contributed by atoms with van der Waals surface area (Å²) in [5.41, 5.74) is 0.443. The minimum Gasteiger partial charge on any atom is -0.481 e. The number of anilines is 1. The summed E-state index contributed by atoms with van der Waals surface area (Å²) in [4.78, 5) is 12.0. The second-order valence-corrected chi connectivity index (χ2v) is 5.05. The lowest BCUT2D eigenvalue weighted by atomic mass is 10.2. The lowest BCUT2D eigenvalue weighted by Crippen LogP contribution is -2.30. The molecule has 1 N–H and O–H groups in total. The highest BCUT2D eigenvalue weighted by atomic mass is 35.5. The molecule has 1 unspecified atom stereocenters. The number of hydrogen-bond acceptors (Lipinski definition) is 3. The molecule has 0 bridgehead atoms. The monoisotopic (exact) mass is 341 g/mol. The molecule has 0 fully saturated rings. The fourth-order valence-corrected chi connectivity index (χ4v) is 1.94. The van der Waals surface area contributed by atoms with Crippen molar-refractivity contribution < 1.29 is 23.0 Å². The molecule has 0 saturated carbocycles. The highest BCUT2D eigenvalue weighted by molar-refractivity contribution is 6.30. The highest BCUT2D eigenvalue weighted by Gasteiger charge is 2.15. The van der Waals surface area contributed by atoms with Crippen molar-refractivity contribution >= 4 is 23.2 Å². The summed E-state index contributed by atoms with van der Waals surface area (Å²) in [7, 11) is 0. The molecule has 2 aromatic carbocycles. The second kappa shape index (κ2) is 7.78. The highest BCUT2D eigenvalue weighted by Crippen LogP contribution is 2.20. The molecule has 0 aliphatic carbocycles. The Balaban J connectivity index is 1.92. The minimum absolute atomic E-state index is 0.0150. The van der Waals surface area contributed by atoms with E-state index < -0.39 is 12.7 Å². The molecule has 122 valence electrons. The van der Waals surface area contributed by atoms with Crippen LogP contribution in [-0.4, -0.2) is 18.6 Å². The average Bonchev–Trinajstić information content (AvgIpc) is 2.48. The van der Waals surface area contributed by atoms with Gasteiger partial charge in [-0.25, -0.2) is 0 Å². The average molecular weight is 342 g/mol. The van der Waals surface area contributed by atoms with E-state index in [1.165, 1.54) is 24.3 Å². The van der Waals surface area contributed by atoms with Crippen molar-refractivity contribution in [1.29, 1.82) is 0 Å². The Hall–Kier alpha value is -2.34. The zero-order chi connectivity index (χ0) is 16.8. The molecule has 23 heavy (non-hydrogen) atoms. The topological polar surface area (TPSA) is 47.6 Å². The van der Waals surface area contributed by atoms with Crippen LogP contribution in [0.3, 0.4) is 0 Å². The summed E-state index contributed by atoms with van der Waals surface area (Å²) >= 11 is 5.84. The maximum absolute atomic E-state index is 12.1. The molecule has 7 heteroatoms. The Morgan fingerprint density at radius 2 is 1.78 bits per heavy atom. The molecule has 1 amide bonds. The van der Waals surface area contributed by atoms with Gasteiger partial charge in [0.05, 0.1) is 0 Å². The van der Waals surface area contributed by atoms with Gasteiger partial charge in [-0.2, -0.15) is 8.78 Å². The van der Waals surface area contributed by atoms with Gasteiger partial charge < -0.3 is 14.8 Å². The van der Waals surface area contributed by atoms with Crippen molar-refractivity contribution in [3.8, 4) is 11.5 Å². The number of carbonyl (C=O) groups excluding carboxylic acids is 1. The Kier molecular flexibility index (Phi) is 5.76. The van der Waals surface area contributed by atoms with Gasteiger partial charge in [-0.05, 0) is 49.4 Å². The summed E-state index contributed by atoms with van der Waals surface area (Å²) < 4.78 is 33.8. The van der Waals surface area contributed by atoms with Gasteiger partial charge in [0.2, 0.25) is 0 Å². The first kappa shape index (κ1) is 17.0. The molecular formula is C16H14ClF2NO3. The molecule has 2 rings (SSSR count). The van der Waals surface area contributed by atoms with Crippen LogP contribution in [0.1, 0.15) is 6.92 Å². The third-order valence-corrected chi connectivity index (χ3v) is 3.06. The van der Waals surface area contributed by atoms with E-state index in [0.29, 0.717) is 16.5 Å². The van der Waals surface area contributed by atoms with E-state index in [1.54, 1.807) is 31.2 Å². The molecule has 2 aromatic rings. The smallest absolute Gasteiger partial charge is 0.387 e. The minimum atomic E-state index is -2.89. The van der Waals surface area contributed by atoms with Gasteiger partial charge in [0.1, 0.15) is 11.5 Å². The van der Waals surface area contributed by atoms with Gasteiger partial charge in [-0.15, -0.1) is 0 Å². The van der Waals surface area contributed by atoms with Gasteiger partial charge in [0.15, 0.2) is 6.10 Å². The zero-order valence-electron chi connectivity index (χ0n) is 12.1. The predicted molar refractivity (Wildman–Crippen MR) is 83.2 cm³/mol. The van der Waals surface area contributed by atoms with E-state index in [2.05, 4.69) is 10.1 Å². The van der Waals surface area contributed by atoms with Crippen LogP contribution in [0.4, 0.5) is 14.5 Å². The van der Waals surface area contributed by atoms with Gasteiger partial charge in [-0.3, -0.25) is 4.79 Å². The van der Waals surface area contributed by atoms with Crippen LogP contribution in [0.5, 0.6) is 11.5 Å². The Morgan fingerprint density at radius 3 is 2.39 bits per heavy atom. The van der Waals surface area contributed by atoms with E-state index in [0.717, 1.165) is 0 Å². The van der Waals surface area contributed by atoms with E-state index in [-0.39, 0.29) is 11.7 Å². The van der Waals surface area contributed by atoms with E-state index in [1.807, 2.05) is 0 Å². The van der Waals surface area contributed by atoms with Crippen molar-refractivity contribution in [2.24, 2.45) is 0 Å². The second-order valence-electron chi connectivity index (χ2n) is 4.61. The van der Waals surface area contributed by atoms with Crippen molar-refractivity contribution in [2.75, 3.05) is 5.32 Å². The summed E-state index contributed by atoms with van der Waals surface area (Å²) in [5, 5.41) is 3.12. The van der Waals surface area contributed by atoms with Crippen LogP contribution in [0, 0.1) is 0 Å². The molecule has 0 saturated heterocycles. The molecule has 0 heterocycles. The quantitative estimate of drug-likeness (QED) is 0.849. The largest absolute Gasteiger partial charge is 0.481 e. The lowest BCUT2D eigenvalue weighted by Gasteiger charge is -2.15. The Morgan fingerprint density at radius 1 is 1.09 bits per heavy atom. The Labute approximate surface area is 137 Å². The molecule has 0 aliphatic rings. The number of benzene rings is 2. The number of rotatable bonds is 6. The van der Waals surface area contributed by atoms with Gasteiger partial charge in [0, 0.05) is 10.7 Å². The van der Waals surface area contributed by atoms with E-state index in [4.69, 9.17) is 16.3 Å². The molecule has 0 spiro atoms. The first-order valence-corrected chi connectivity index (χ1v) is 7.10. The van der Waals surface area contributed by atoms with Crippen molar-refractivity contribution in [2.45, 2.75) is 19.6 Å². The fraction of sp³-hybridized carbons (Fsp3) is 0.188. The summed E-state index contributed by atoms with van der Waals surface area (Å²) in [6, 6.07) is 12.3. The molecular weight excluding hydrogens is 328 g/mol. The van der Waals surface area contributed by atoms with Crippen LogP contribution in [0.15, 0.2) is 48.5 Å². The van der Waals surface area contributed by atoms with E-state index >= 15 is 0 Å². The molecule has 0 aromatic heterocycles.